The Labute approximate surface area is 166 Å². The van der Waals surface area contributed by atoms with Gasteiger partial charge >= 0.3 is 0 Å². The topological polar surface area (TPSA) is 59.1 Å². The molecule has 134 valence electrons. The lowest BCUT2D eigenvalue weighted by Gasteiger charge is -2.04. The van der Waals surface area contributed by atoms with Crippen molar-refractivity contribution in [3.63, 3.8) is 0 Å². The Hall–Kier alpha value is -1.74. The van der Waals surface area contributed by atoms with E-state index in [0.29, 0.717) is 17.1 Å². The number of nitrogens with one attached hydrogen (secondary N) is 1. The molecule has 0 aliphatic heterocycles. The van der Waals surface area contributed by atoms with Crippen molar-refractivity contribution in [3.8, 4) is 0 Å². The Balaban J connectivity index is 1.52. The number of ketones is 1. The van der Waals surface area contributed by atoms with E-state index in [1.165, 1.54) is 52.6 Å². The number of anilines is 1. The molecule has 0 saturated carbocycles. The summed E-state index contributed by atoms with van der Waals surface area (Å²) in [6.45, 7) is 0. The Kier molecular flexibility index (Phi) is 6.42. The second-order valence-corrected chi connectivity index (χ2v) is 8.58. The van der Waals surface area contributed by atoms with Gasteiger partial charge in [0.2, 0.25) is 5.91 Å². The van der Waals surface area contributed by atoms with Gasteiger partial charge < -0.3 is 5.32 Å². The number of Topliss-reactive ketones (excluding diaryl/α,β-unsaturated/α-hetero) is 1. The molecule has 1 aromatic carbocycles. The third kappa shape index (κ3) is 5.14. The Morgan fingerprint density at radius 1 is 1.27 bits per heavy atom. The molecule has 4 nitrogen and oxygen atoms in total. The van der Waals surface area contributed by atoms with E-state index in [0.717, 1.165) is 9.22 Å². The summed E-state index contributed by atoms with van der Waals surface area (Å²) in [5.41, 5.74) is 1.04. The molecule has 2 heterocycles. The summed E-state index contributed by atoms with van der Waals surface area (Å²) in [4.78, 5) is 29.1. The third-order valence-electron chi connectivity index (χ3n) is 3.20. The predicted octanol–water partition coefficient (Wildman–Crippen LogP) is 5.15. The van der Waals surface area contributed by atoms with E-state index in [1.54, 1.807) is 11.4 Å². The number of rotatable bonds is 7. The lowest BCUT2D eigenvalue weighted by Crippen LogP contribution is -2.14. The zero-order valence-electron chi connectivity index (χ0n) is 13.2. The summed E-state index contributed by atoms with van der Waals surface area (Å²) in [5, 5.41) is 6.26. The zero-order valence-corrected chi connectivity index (χ0v) is 16.4. The van der Waals surface area contributed by atoms with E-state index in [4.69, 9.17) is 11.6 Å². The minimum absolute atomic E-state index is 0.0504. The quantitative estimate of drug-likeness (QED) is 0.419. The molecule has 1 N–H and O–H groups in total. The summed E-state index contributed by atoms with van der Waals surface area (Å²) in [6, 6.07) is 7.63. The maximum atomic E-state index is 13.1. The van der Waals surface area contributed by atoms with Crippen molar-refractivity contribution >= 4 is 63.4 Å². The van der Waals surface area contributed by atoms with Crippen LogP contribution in [0, 0.1) is 5.82 Å². The van der Waals surface area contributed by atoms with Crippen LogP contribution < -0.4 is 5.32 Å². The van der Waals surface area contributed by atoms with E-state index in [2.05, 4.69) is 10.3 Å². The molecule has 26 heavy (non-hydrogen) atoms. The summed E-state index contributed by atoms with van der Waals surface area (Å²) >= 11 is 9.86. The smallest absolute Gasteiger partial charge is 0.230 e. The van der Waals surface area contributed by atoms with Gasteiger partial charge in [-0.2, -0.15) is 0 Å². The minimum Gasteiger partial charge on any atom is -0.326 e. The van der Waals surface area contributed by atoms with Crippen LogP contribution in [0.3, 0.4) is 0 Å². The largest absolute Gasteiger partial charge is 0.326 e. The SMILES string of the molecule is O=C(Cc1csc(SCC(=O)c2cccs2)n1)Nc1ccc(F)c(Cl)c1. The first-order chi connectivity index (χ1) is 12.5. The second-order valence-electron chi connectivity index (χ2n) is 5.15. The van der Waals surface area contributed by atoms with Gasteiger partial charge in [-0.1, -0.05) is 29.4 Å². The second kappa shape index (κ2) is 8.77. The first-order valence-corrected chi connectivity index (χ1v) is 10.5. The Morgan fingerprint density at radius 2 is 2.12 bits per heavy atom. The van der Waals surface area contributed by atoms with Crippen molar-refractivity contribution in [2.75, 3.05) is 11.1 Å². The Morgan fingerprint density at radius 3 is 2.85 bits per heavy atom. The van der Waals surface area contributed by atoms with Gasteiger partial charge in [-0.25, -0.2) is 9.37 Å². The lowest BCUT2D eigenvalue weighted by molar-refractivity contribution is -0.115. The molecule has 0 fully saturated rings. The molecule has 3 aromatic rings. The highest BCUT2D eigenvalue weighted by Gasteiger charge is 2.12. The summed E-state index contributed by atoms with van der Waals surface area (Å²) in [6.07, 6.45) is 0.0882. The third-order valence-corrected chi connectivity index (χ3v) is 6.47. The van der Waals surface area contributed by atoms with Crippen LogP contribution in [0.5, 0.6) is 0 Å². The first-order valence-electron chi connectivity index (χ1n) is 7.40. The summed E-state index contributed by atoms with van der Waals surface area (Å²) < 4.78 is 13.9. The van der Waals surface area contributed by atoms with Gasteiger partial charge in [-0.15, -0.1) is 22.7 Å². The molecule has 0 bridgehead atoms. The molecule has 2 aromatic heterocycles. The highest BCUT2D eigenvalue weighted by molar-refractivity contribution is 8.01. The van der Waals surface area contributed by atoms with E-state index >= 15 is 0 Å². The van der Waals surface area contributed by atoms with E-state index < -0.39 is 5.82 Å². The molecule has 0 saturated heterocycles. The number of aromatic nitrogens is 1. The van der Waals surface area contributed by atoms with Crippen LogP contribution in [0.15, 0.2) is 45.4 Å². The number of thiophene rings is 1. The fourth-order valence-corrected chi connectivity index (χ4v) is 4.68. The van der Waals surface area contributed by atoms with Crippen LogP contribution in [0.2, 0.25) is 5.02 Å². The molecule has 0 radical (unpaired) electrons. The number of benzene rings is 1. The molecule has 3 rings (SSSR count). The van der Waals surface area contributed by atoms with E-state index in [9.17, 15) is 14.0 Å². The van der Waals surface area contributed by atoms with Crippen LogP contribution in [0.25, 0.3) is 0 Å². The van der Waals surface area contributed by atoms with Gasteiger partial charge in [0, 0.05) is 11.1 Å². The van der Waals surface area contributed by atoms with Gasteiger partial charge in [-0.05, 0) is 29.6 Å². The number of thiazole rings is 1. The van der Waals surface area contributed by atoms with Crippen LogP contribution in [0.1, 0.15) is 15.4 Å². The first kappa shape index (κ1) is 19.0. The normalized spacial score (nSPS) is 10.7. The monoisotopic (exact) mass is 426 g/mol. The van der Waals surface area contributed by atoms with Crippen LogP contribution in [-0.4, -0.2) is 22.4 Å². The predicted molar refractivity (Wildman–Crippen MR) is 105 cm³/mol. The standard InChI is InChI=1S/C17H12ClFN2O2S3/c18-12-6-10(3-4-13(12)19)20-16(23)7-11-8-25-17(21-11)26-9-14(22)15-2-1-5-24-15/h1-6,8H,7,9H2,(H,20,23). The lowest BCUT2D eigenvalue weighted by atomic mass is 10.3. The highest BCUT2D eigenvalue weighted by atomic mass is 35.5. The van der Waals surface area contributed by atoms with E-state index in [-0.39, 0.29) is 23.1 Å². The fraction of sp³-hybridized carbons (Fsp3) is 0.118. The van der Waals surface area contributed by atoms with Gasteiger partial charge in [0.25, 0.3) is 0 Å². The molecule has 1 amide bonds. The number of thioether (sulfide) groups is 1. The van der Waals surface area contributed by atoms with Gasteiger partial charge in [-0.3, -0.25) is 9.59 Å². The molecule has 0 unspecified atom stereocenters. The van der Waals surface area contributed by atoms with Gasteiger partial charge in [0.1, 0.15) is 5.82 Å². The van der Waals surface area contributed by atoms with Crippen molar-refractivity contribution in [1.82, 2.24) is 4.98 Å². The molecular weight excluding hydrogens is 415 g/mol. The molecule has 0 aliphatic carbocycles. The van der Waals surface area contributed by atoms with Crippen molar-refractivity contribution in [3.05, 3.63) is 62.5 Å². The number of amides is 1. The summed E-state index contributed by atoms with van der Waals surface area (Å²) in [7, 11) is 0. The minimum atomic E-state index is -0.539. The maximum Gasteiger partial charge on any atom is 0.230 e. The van der Waals surface area contributed by atoms with Crippen molar-refractivity contribution in [2.24, 2.45) is 0 Å². The van der Waals surface area contributed by atoms with Gasteiger partial charge in [0.05, 0.1) is 27.8 Å². The average Bonchev–Trinajstić information content (AvgIpc) is 3.28. The number of hydrogen-bond acceptors (Lipinski definition) is 6. The number of carbonyl (C=O) groups excluding carboxylic acids is 2. The highest BCUT2D eigenvalue weighted by Crippen LogP contribution is 2.25. The number of nitrogens with zero attached hydrogens (tertiary/aromatic N) is 1. The number of halogens is 2. The zero-order chi connectivity index (χ0) is 18.5. The van der Waals surface area contributed by atoms with Crippen molar-refractivity contribution in [2.45, 2.75) is 10.8 Å². The van der Waals surface area contributed by atoms with Crippen molar-refractivity contribution in [1.29, 1.82) is 0 Å². The van der Waals surface area contributed by atoms with Crippen LogP contribution in [-0.2, 0) is 11.2 Å². The number of hydrogen-bond donors (Lipinski definition) is 1. The number of carbonyl (C=O) groups is 2. The average molecular weight is 427 g/mol. The molecular formula is C17H12ClFN2O2S3. The molecule has 9 heteroatoms. The Bertz CT molecular complexity index is 928. The summed E-state index contributed by atoms with van der Waals surface area (Å²) in [5.74, 6) is -0.437. The molecule has 0 atom stereocenters. The van der Waals surface area contributed by atoms with Crippen LogP contribution in [0.4, 0.5) is 10.1 Å². The molecule has 0 spiro atoms. The van der Waals surface area contributed by atoms with Crippen LogP contribution >= 0.6 is 46.0 Å². The fourth-order valence-electron chi connectivity index (χ4n) is 2.02. The maximum absolute atomic E-state index is 13.1. The molecule has 0 aliphatic rings. The van der Waals surface area contributed by atoms with Gasteiger partial charge in [0.15, 0.2) is 10.1 Å². The van der Waals surface area contributed by atoms with E-state index in [1.807, 2.05) is 11.4 Å². The van der Waals surface area contributed by atoms with Crippen molar-refractivity contribution < 1.29 is 14.0 Å².